The van der Waals surface area contributed by atoms with Crippen molar-refractivity contribution in [2.24, 2.45) is 0 Å². The molecule has 134 valence electrons. The van der Waals surface area contributed by atoms with Crippen LogP contribution in [0.15, 0.2) is 46.2 Å². The highest BCUT2D eigenvalue weighted by Crippen LogP contribution is 2.36. The number of nitrogens with zero attached hydrogens (tertiary/aromatic N) is 2. The molecule has 0 bridgehead atoms. The number of anilines is 1. The third kappa shape index (κ3) is 3.99. The zero-order chi connectivity index (χ0) is 18.6. The van der Waals surface area contributed by atoms with Crippen LogP contribution in [-0.2, 0) is 0 Å². The molecule has 0 aliphatic heterocycles. The lowest BCUT2D eigenvalue weighted by Gasteiger charge is -2.22. The van der Waals surface area contributed by atoms with E-state index in [1.54, 1.807) is 47.7 Å². The van der Waals surface area contributed by atoms with Crippen LogP contribution in [0.2, 0.25) is 0 Å². The first-order valence-electron chi connectivity index (χ1n) is 8.76. The maximum Gasteiger partial charge on any atom is 0.291 e. The second-order valence-corrected chi connectivity index (χ2v) is 7.31. The summed E-state index contributed by atoms with van der Waals surface area (Å²) in [6.07, 6.45) is 7.51. The second-order valence-electron chi connectivity index (χ2n) is 6.42. The SMILES string of the molecule is N#Cc1ccc(NC(=O)c2ccc(C=Cc3nc(C4CCC4)cs3)o2)cc1. The number of carbonyl (C=O) groups excluding carboxylic acids is 1. The number of amides is 1. The van der Waals surface area contributed by atoms with E-state index in [-0.39, 0.29) is 11.7 Å². The van der Waals surface area contributed by atoms with E-state index in [2.05, 4.69) is 15.7 Å². The Labute approximate surface area is 161 Å². The standard InChI is InChI=1S/C21H17N3O2S/c22-12-14-4-6-16(7-5-14)23-21(25)19-10-8-17(26-19)9-11-20-24-18(13-27-20)15-2-1-3-15/h4-11,13,15H,1-3H2,(H,23,25). The van der Waals surface area contributed by atoms with Gasteiger partial charge in [0.15, 0.2) is 5.76 Å². The maximum atomic E-state index is 12.3. The summed E-state index contributed by atoms with van der Waals surface area (Å²) in [6, 6.07) is 12.1. The Morgan fingerprint density at radius 2 is 2.04 bits per heavy atom. The quantitative estimate of drug-likeness (QED) is 0.656. The summed E-state index contributed by atoms with van der Waals surface area (Å²) in [5.74, 6) is 1.12. The Hall–Kier alpha value is -3.17. The molecule has 1 amide bonds. The molecule has 2 heterocycles. The monoisotopic (exact) mass is 375 g/mol. The van der Waals surface area contributed by atoms with Crippen molar-refractivity contribution in [2.75, 3.05) is 5.32 Å². The molecule has 5 nitrogen and oxygen atoms in total. The molecule has 6 heteroatoms. The summed E-state index contributed by atoms with van der Waals surface area (Å²) in [7, 11) is 0. The lowest BCUT2D eigenvalue weighted by atomic mass is 9.83. The van der Waals surface area contributed by atoms with Gasteiger partial charge in [0.2, 0.25) is 0 Å². The first kappa shape index (κ1) is 17.3. The van der Waals surface area contributed by atoms with E-state index < -0.39 is 0 Å². The third-order valence-electron chi connectivity index (χ3n) is 4.58. The molecule has 0 radical (unpaired) electrons. The smallest absolute Gasteiger partial charge is 0.291 e. The first-order valence-corrected chi connectivity index (χ1v) is 9.64. The molecule has 0 unspecified atom stereocenters. The number of thiazole rings is 1. The topological polar surface area (TPSA) is 78.9 Å². The van der Waals surface area contributed by atoms with Gasteiger partial charge in [0.05, 0.1) is 17.3 Å². The highest BCUT2D eigenvalue weighted by atomic mass is 32.1. The molecule has 1 aliphatic carbocycles. The van der Waals surface area contributed by atoms with Gasteiger partial charge in [-0.05, 0) is 61.4 Å². The average molecular weight is 375 g/mol. The molecule has 1 saturated carbocycles. The van der Waals surface area contributed by atoms with Gasteiger partial charge in [0.25, 0.3) is 5.91 Å². The molecule has 0 saturated heterocycles. The molecule has 2 aromatic heterocycles. The Morgan fingerprint density at radius 3 is 2.74 bits per heavy atom. The highest BCUT2D eigenvalue weighted by molar-refractivity contribution is 7.10. The minimum absolute atomic E-state index is 0.230. The van der Waals surface area contributed by atoms with Crippen LogP contribution in [0.5, 0.6) is 0 Å². The number of furan rings is 1. The van der Waals surface area contributed by atoms with E-state index in [1.807, 2.05) is 18.2 Å². The fourth-order valence-corrected chi connectivity index (χ4v) is 3.60. The summed E-state index contributed by atoms with van der Waals surface area (Å²) >= 11 is 1.62. The van der Waals surface area contributed by atoms with Gasteiger partial charge in [-0.3, -0.25) is 4.79 Å². The normalized spacial score (nSPS) is 14.0. The van der Waals surface area contributed by atoms with Gasteiger partial charge in [-0.1, -0.05) is 6.42 Å². The summed E-state index contributed by atoms with van der Waals surface area (Å²) in [5.41, 5.74) is 2.34. The number of nitrogens with one attached hydrogen (secondary N) is 1. The van der Waals surface area contributed by atoms with Gasteiger partial charge in [0.1, 0.15) is 10.8 Å². The van der Waals surface area contributed by atoms with Gasteiger partial charge < -0.3 is 9.73 Å². The van der Waals surface area contributed by atoms with E-state index in [1.165, 1.54) is 25.0 Å². The highest BCUT2D eigenvalue weighted by Gasteiger charge is 2.21. The molecule has 4 rings (SSSR count). The van der Waals surface area contributed by atoms with Crippen molar-refractivity contribution in [2.45, 2.75) is 25.2 Å². The molecule has 0 atom stereocenters. The van der Waals surface area contributed by atoms with Crippen molar-refractivity contribution >= 4 is 35.1 Å². The Kier molecular flexibility index (Phi) is 4.86. The van der Waals surface area contributed by atoms with Crippen LogP contribution >= 0.6 is 11.3 Å². The summed E-state index contributed by atoms with van der Waals surface area (Å²) in [5, 5.41) is 14.6. The van der Waals surface area contributed by atoms with Crippen LogP contribution in [0.3, 0.4) is 0 Å². The zero-order valence-electron chi connectivity index (χ0n) is 14.5. The lowest BCUT2D eigenvalue weighted by Crippen LogP contribution is -2.10. The fraction of sp³-hybridized carbons (Fsp3) is 0.190. The minimum atomic E-state index is -0.333. The van der Waals surface area contributed by atoms with Crippen LogP contribution < -0.4 is 5.32 Å². The molecule has 1 aliphatic rings. The molecule has 1 fully saturated rings. The molecular formula is C21H17N3O2S. The van der Waals surface area contributed by atoms with Gasteiger partial charge in [0, 0.05) is 17.0 Å². The number of hydrogen-bond acceptors (Lipinski definition) is 5. The van der Waals surface area contributed by atoms with E-state index in [9.17, 15) is 4.79 Å². The van der Waals surface area contributed by atoms with Crippen LogP contribution in [0.25, 0.3) is 12.2 Å². The molecule has 0 spiro atoms. The van der Waals surface area contributed by atoms with Crippen molar-refractivity contribution in [3.05, 3.63) is 69.6 Å². The largest absolute Gasteiger partial charge is 0.452 e. The van der Waals surface area contributed by atoms with Crippen molar-refractivity contribution in [1.82, 2.24) is 4.98 Å². The van der Waals surface area contributed by atoms with Crippen LogP contribution in [-0.4, -0.2) is 10.9 Å². The van der Waals surface area contributed by atoms with Crippen LogP contribution in [0, 0.1) is 11.3 Å². The van der Waals surface area contributed by atoms with Crippen molar-refractivity contribution in [3.8, 4) is 6.07 Å². The number of benzene rings is 1. The molecule has 27 heavy (non-hydrogen) atoms. The number of nitriles is 1. The predicted molar refractivity (Wildman–Crippen MR) is 105 cm³/mol. The van der Waals surface area contributed by atoms with Crippen molar-refractivity contribution < 1.29 is 9.21 Å². The van der Waals surface area contributed by atoms with E-state index in [4.69, 9.17) is 9.68 Å². The minimum Gasteiger partial charge on any atom is -0.452 e. The van der Waals surface area contributed by atoms with Gasteiger partial charge in [-0.2, -0.15) is 5.26 Å². The predicted octanol–water partition coefficient (Wildman–Crippen LogP) is 5.30. The number of aromatic nitrogens is 1. The Morgan fingerprint density at radius 1 is 1.22 bits per heavy atom. The third-order valence-corrected chi connectivity index (χ3v) is 5.40. The van der Waals surface area contributed by atoms with E-state index in [0.29, 0.717) is 22.9 Å². The van der Waals surface area contributed by atoms with Crippen LogP contribution in [0.4, 0.5) is 5.69 Å². The summed E-state index contributed by atoms with van der Waals surface area (Å²) in [4.78, 5) is 16.9. The molecule has 3 aromatic rings. The van der Waals surface area contributed by atoms with E-state index in [0.717, 1.165) is 5.01 Å². The van der Waals surface area contributed by atoms with Crippen LogP contribution in [0.1, 0.15) is 57.8 Å². The lowest BCUT2D eigenvalue weighted by molar-refractivity contribution is 0.0996. The van der Waals surface area contributed by atoms with E-state index >= 15 is 0 Å². The Balaban J connectivity index is 1.39. The summed E-state index contributed by atoms with van der Waals surface area (Å²) < 4.78 is 5.60. The zero-order valence-corrected chi connectivity index (χ0v) is 15.3. The first-order chi connectivity index (χ1) is 13.2. The molecule has 1 N–H and O–H groups in total. The average Bonchev–Trinajstić information content (AvgIpc) is 3.29. The second kappa shape index (κ2) is 7.60. The van der Waals surface area contributed by atoms with Crippen molar-refractivity contribution in [1.29, 1.82) is 5.26 Å². The van der Waals surface area contributed by atoms with Gasteiger partial charge >= 0.3 is 0 Å². The summed E-state index contributed by atoms with van der Waals surface area (Å²) in [6.45, 7) is 0. The van der Waals surface area contributed by atoms with Crippen molar-refractivity contribution in [3.63, 3.8) is 0 Å². The maximum absolute atomic E-state index is 12.3. The number of rotatable bonds is 5. The Bertz CT molecular complexity index is 1020. The number of hydrogen-bond donors (Lipinski definition) is 1. The van der Waals surface area contributed by atoms with Gasteiger partial charge in [-0.15, -0.1) is 11.3 Å². The fourth-order valence-electron chi connectivity index (χ4n) is 2.81. The molecule has 1 aromatic carbocycles. The van der Waals surface area contributed by atoms with Gasteiger partial charge in [-0.25, -0.2) is 4.98 Å². The molecular weight excluding hydrogens is 358 g/mol. The number of carbonyl (C=O) groups is 1.